The number of β-lactam (4-membered cyclic amide) rings is 1. The maximum atomic E-state index is 13.2. The Labute approximate surface area is 227 Å². The van der Waals surface area contributed by atoms with Gasteiger partial charge < -0.3 is 30.2 Å². The molecule has 1 aromatic rings. The highest BCUT2D eigenvalue weighted by Gasteiger charge is 2.54. The van der Waals surface area contributed by atoms with E-state index in [9.17, 15) is 24.0 Å². The lowest BCUT2D eigenvalue weighted by atomic mass is 10.0. The first-order valence-corrected chi connectivity index (χ1v) is 13.6. The molecule has 2 aliphatic rings. The van der Waals surface area contributed by atoms with Gasteiger partial charge in [-0.2, -0.15) is 0 Å². The molecular weight excluding hydrogens is 538 g/mol. The van der Waals surface area contributed by atoms with Crippen LogP contribution in [0.2, 0.25) is 0 Å². The van der Waals surface area contributed by atoms with E-state index < -0.39 is 48.1 Å². The van der Waals surface area contributed by atoms with Gasteiger partial charge in [0.1, 0.15) is 23.7 Å². The van der Waals surface area contributed by atoms with E-state index in [-0.39, 0.29) is 30.1 Å². The molecule has 0 aliphatic carbocycles. The number of fused-ring (bicyclic) bond motifs is 1. The Hall–Kier alpha value is -3.59. The average Bonchev–Trinajstić information content (AvgIpc) is 3.33. The van der Waals surface area contributed by atoms with E-state index >= 15 is 0 Å². The van der Waals surface area contributed by atoms with Gasteiger partial charge in [-0.1, -0.05) is 19.9 Å². The van der Waals surface area contributed by atoms with E-state index in [1.165, 1.54) is 47.0 Å². The fourth-order valence-electron chi connectivity index (χ4n) is 3.53. The van der Waals surface area contributed by atoms with Crippen LogP contribution in [0.1, 0.15) is 32.4 Å². The maximum absolute atomic E-state index is 13.2. The van der Waals surface area contributed by atoms with E-state index in [4.69, 9.17) is 19.9 Å². The third kappa shape index (κ3) is 6.45. The first kappa shape index (κ1) is 29.0. The van der Waals surface area contributed by atoms with Crippen molar-refractivity contribution < 1.29 is 38.2 Å². The molecule has 0 aromatic carbocycles. The summed E-state index contributed by atoms with van der Waals surface area (Å²) < 4.78 is 15.1. The zero-order valence-electron chi connectivity index (χ0n) is 21.3. The van der Waals surface area contributed by atoms with Crippen molar-refractivity contribution >= 4 is 63.6 Å². The van der Waals surface area contributed by atoms with Crippen LogP contribution < -0.4 is 11.1 Å². The van der Waals surface area contributed by atoms with Crippen molar-refractivity contribution in [2.45, 2.75) is 38.1 Å². The van der Waals surface area contributed by atoms with Gasteiger partial charge in [0, 0.05) is 37.2 Å². The Morgan fingerprint density at radius 1 is 1.24 bits per heavy atom. The molecule has 3 amide bonds. The zero-order valence-corrected chi connectivity index (χ0v) is 23.0. The van der Waals surface area contributed by atoms with Crippen LogP contribution in [0.15, 0.2) is 22.7 Å². The second-order valence-corrected chi connectivity index (χ2v) is 10.3. The third-order valence-corrected chi connectivity index (χ3v) is 7.43. The molecule has 3 rings (SSSR count). The quantitative estimate of drug-likeness (QED) is 0.181. The average molecular weight is 568 g/mol. The molecule has 1 aromatic heterocycles. The van der Waals surface area contributed by atoms with Crippen LogP contribution in [0.25, 0.3) is 5.57 Å². The fraction of sp³-hybridized carbons (Fsp3) is 0.478. The van der Waals surface area contributed by atoms with E-state index in [0.717, 1.165) is 0 Å². The van der Waals surface area contributed by atoms with Crippen LogP contribution in [-0.2, 0) is 33.4 Å². The molecule has 38 heavy (non-hydrogen) atoms. The minimum Gasteiger partial charge on any atom is -0.445 e. The molecule has 0 bridgehead atoms. The summed E-state index contributed by atoms with van der Waals surface area (Å²) in [7, 11) is 3.01. The molecule has 15 heteroatoms. The van der Waals surface area contributed by atoms with Gasteiger partial charge in [-0.25, -0.2) is 14.6 Å². The third-order valence-electron chi connectivity index (χ3n) is 5.41. The van der Waals surface area contributed by atoms with Crippen molar-refractivity contribution in [1.82, 2.24) is 20.1 Å². The Balaban J connectivity index is 1.79. The second-order valence-electron chi connectivity index (χ2n) is 8.28. The number of thioether (sulfide) groups is 1. The number of nitrogens with zero attached hydrogens (tertiary/aromatic N) is 3. The Bertz CT molecular complexity index is 1180. The summed E-state index contributed by atoms with van der Waals surface area (Å²) in [4.78, 5) is 69.1. The van der Waals surface area contributed by atoms with Gasteiger partial charge in [-0.15, -0.1) is 23.1 Å². The van der Waals surface area contributed by atoms with Gasteiger partial charge in [-0.05, 0) is 6.42 Å². The number of carbonyl (C=O) groups excluding carboxylic acids is 5. The van der Waals surface area contributed by atoms with Crippen molar-refractivity contribution in [1.29, 1.82) is 0 Å². The largest absolute Gasteiger partial charge is 0.445 e. The predicted octanol–water partition coefficient (Wildman–Crippen LogP) is 1.32. The number of rotatable bonds is 10. The van der Waals surface area contributed by atoms with Gasteiger partial charge >= 0.3 is 18.0 Å². The molecule has 2 aliphatic heterocycles. The fourth-order valence-corrected chi connectivity index (χ4v) is 5.42. The highest BCUT2D eigenvalue weighted by molar-refractivity contribution is 8.00. The Morgan fingerprint density at radius 3 is 2.58 bits per heavy atom. The molecule has 0 radical (unpaired) electrons. The predicted molar refractivity (Wildman–Crippen MR) is 139 cm³/mol. The Kier molecular flexibility index (Phi) is 9.74. The van der Waals surface area contributed by atoms with Crippen molar-refractivity contribution in [2.24, 2.45) is 0 Å². The van der Waals surface area contributed by atoms with E-state index in [2.05, 4.69) is 10.3 Å². The van der Waals surface area contributed by atoms with Gasteiger partial charge in [0.2, 0.25) is 6.79 Å². The van der Waals surface area contributed by atoms with Crippen molar-refractivity contribution in [3.8, 4) is 0 Å². The summed E-state index contributed by atoms with van der Waals surface area (Å²) in [5, 5.41) is 4.09. The summed E-state index contributed by atoms with van der Waals surface area (Å²) in [5.41, 5.74) is 6.64. The lowest BCUT2D eigenvalue weighted by Crippen LogP contribution is -2.70. The highest BCUT2D eigenvalue weighted by Crippen LogP contribution is 2.41. The number of aromatic nitrogens is 1. The number of nitrogens with one attached hydrogen (secondary N) is 1. The minimum absolute atomic E-state index is 0.0959. The standard InChI is InChI=1S/C23H29N5O8S2/c1-5-7-13(14-10-38-22(24)25-14)18(30)26-16-19(31)28-17(21(32)36-11-35-15(29)6-2)12(9-37-20(16)28)8-34-23(33)27(3)4/h7,10,16,20H,5-6,8-9,11H2,1-4H3,(H2,24,25)(H,26,30)/b13-7+/t16-,20+/m0/s1. The van der Waals surface area contributed by atoms with E-state index in [1.54, 1.807) is 18.4 Å². The number of esters is 2. The number of thiazole rings is 1. The van der Waals surface area contributed by atoms with E-state index in [0.29, 0.717) is 22.8 Å². The maximum Gasteiger partial charge on any atom is 0.409 e. The smallest absolute Gasteiger partial charge is 0.409 e. The molecule has 0 spiro atoms. The molecule has 2 atom stereocenters. The normalized spacial score (nSPS) is 18.8. The molecule has 3 heterocycles. The second kappa shape index (κ2) is 12.8. The number of hydrogen-bond donors (Lipinski definition) is 2. The SMILES string of the molecule is CC/C=C(/C(=O)N[C@H]1C(=O)N2C(C(=O)OCOC(=O)CC)=C(COC(=O)N(C)C)CS[C@H]12)c1csc(N)n1. The topological polar surface area (TPSA) is 170 Å². The van der Waals surface area contributed by atoms with Gasteiger partial charge in [0.15, 0.2) is 5.13 Å². The van der Waals surface area contributed by atoms with Crippen molar-refractivity contribution in [3.63, 3.8) is 0 Å². The van der Waals surface area contributed by atoms with Gasteiger partial charge in [0.05, 0.1) is 11.3 Å². The van der Waals surface area contributed by atoms with Crippen LogP contribution >= 0.6 is 23.1 Å². The lowest BCUT2D eigenvalue weighted by Gasteiger charge is -2.49. The first-order valence-electron chi connectivity index (χ1n) is 11.6. The molecule has 0 saturated carbocycles. The number of nitrogen functional groups attached to an aromatic ring is 1. The summed E-state index contributed by atoms with van der Waals surface area (Å²) in [6, 6.07) is -0.921. The molecule has 1 fully saturated rings. The summed E-state index contributed by atoms with van der Waals surface area (Å²) >= 11 is 2.49. The number of anilines is 1. The van der Waals surface area contributed by atoms with Gasteiger partial charge in [-0.3, -0.25) is 19.3 Å². The van der Waals surface area contributed by atoms with Crippen LogP contribution in [-0.4, -0.2) is 89.3 Å². The number of nitrogens with two attached hydrogens (primary N) is 1. The summed E-state index contributed by atoms with van der Waals surface area (Å²) in [6.45, 7) is 2.55. The zero-order chi connectivity index (χ0) is 28.0. The van der Waals surface area contributed by atoms with Gasteiger partial charge in [0.25, 0.3) is 11.8 Å². The van der Waals surface area contributed by atoms with E-state index in [1.807, 2.05) is 6.92 Å². The number of hydrogen-bond acceptors (Lipinski definition) is 12. The van der Waals surface area contributed by atoms with Crippen LogP contribution in [0.5, 0.6) is 0 Å². The number of ether oxygens (including phenoxy) is 3. The number of carbonyl (C=O) groups is 5. The summed E-state index contributed by atoms with van der Waals surface area (Å²) in [5.74, 6) is -2.30. The van der Waals surface area contributed by atoms with Crippen LogP contribution in [0.3, 0.4) is 0 Å². The van der Waals surface area contributed by atoms with Crippen molar-refractivity contribution in [2.75, 3.05) is 39.0 Å². The lowest BCUT2D eigenvalue weighted by molar-refractivity contribution is -0.167. The molecule has 0 unspecified atom stereocenters. The number of allylic oxidation sites excluding steroid dienone is 1. The first-order chi connectivity index (χ1) is 18.1. The molecule has 13 nitrogen and oxygen atoms in total. The highest BCUT2D eigenvalue weighted by atomic mass is 32.2. The summed E-state index contributed by atoms with van der Waals surface area (Å²) in [6.07, 6.45) is 1.71. The van der Waals surface area contributed by atoms with Crippen LogP contribution in [0.4, 0.5) is 9.93 Å². The molecular formula is C23H29N5O8S2. The minimum atomic E-state index is -0.921. The number of amides is 3. The molecule has 206 valence electrons. The Morgan fingerprint density at radius 2 is 1.97 bits per heavy atom. The van der Waals surface area contributed by atoms with Crippen LogP contribution in [0, 0.1) is 0 Å². The van der Waals surface area contributed by atoms with Crippen molar-refractivity contribution in [3.05, 3.63) is 28.4 Å². The monoisotopic (exact) mass is 567 g/mol. The molecule has 1 saturated heterocycles. The molecule has 3 N–H and O–H groups in total.